The Hall–Kier alpha value is -2.13. The van der Waals surface area contributed by atoms with Gasteiger partial charge in [-0.05, 0) is 31.2 Å². The first-order chi connectivity index (χ1) is 12.9. The SMILES string of the molecule is CS(=O)(=O)n1c2c(c3ccccc31)C(=O)[C@@](C#N)(CC1CCCCC1)CC2. The van der Waals surface area contributed by atoms with E-state index in [2.05, 4.69) is 6.07 Å². The summed E-state index contributed by atoms with van der Waals surface area (Å²) < 4.78 is 26.1. The Kier molecular flexibility index (Phi) is 4.38. The zero-order chi connectivity index (χ0) is 19.2. The molecule has 4 rings (SSSR count). The van der Waals surface area contributed by atoms with E-state index in [-0.39, 0.29) is 5.78 Å². The van der Waals surface area contributed by atoms with Crippen molar-refractivity contribution in [3.63, 3.8) is 0 Å². The summed E-state index contributed by atoms with van der Waals surface area (Å²) in [5.74, 6) is 0.225. The molecule has 1 saturated carbocycles. The van der Waals surface area contributed by atoms with Crippen molar-refractivity contribution in [1.29, 1.82) is 5.26 Å². The van der Waals surface area contributed by atoms with E-state index in [4.69, 9.17) is 0 Å². The fourth-order valence-corrected chi connectivity index (χ4v) is 6.14. The average molecular weight is 385 g/mol. The summed E-state index contributed by atoms with van der Waals surface area (Å²) in [7, 11) is -3.54. The largest absolute Gasteiger partial charge is 0.292 e. The molecule has 1 fully saturated rings. The summed E-state index contributed by atoms with van der Waals surface area (Å²) in [5.41, 5.74) is 0.490. The van der Waals surface area contributed by atoms with Crippen LogP contribution in [-0.2, 0) is 16.4 Å². The maximum Gasteiger partial charge on any atom is 0.236 e. The topological polar surface area (TPSA) is 79.9 Å². The number of aromatic nitrogens is 1. The third-order valence-corrected chi connectivity index (χ3v) is 7.36. The Bertz CT molecular complexity index is 1060. The van der Waals surface area contributed by atoms with Crippen molar-refractivity contribution in [1.82, 2.24) is 3.97 Å². The van der Waals surface area contributed by atoms with Gasteiger partial charge in [0.25, 0.3) is 0 Å². The van der Waals surface area contributed by atoms with E-state index >= 15 is 0 Å². The summed E-state index contributed by atoms with van der Waals surface area (Å²) in [6.45, 7) is 0. The molecule has 0 radical (unpaired) electrons. The molecule has 0 bridgehead atoms. The number of ketones is 1. The van der Waals surface area contributed by atoms with Gasteiger partial charge in [-0.25, -0.2) is 12.4 Å². The number of benzene rings is 1. The van der Waals surface area contributed by atoms with Crippen LogP contribution < -0.4 is 0 Å². The molecule has 1 aromatic heterocycles. The molecular weight excluding hydrogens is 360 g/mol. The number of para-hydroxylation sites is 1. The Morgan fingerprint density at radius 3 is 2.59 bits per heavy atom. The number of nitrogens with zero attached hydrogens (tertiary/aromatic N) is 2. The van der Waals surface area contributed by atoms with E-state index in [1.165, 1.54) is 29.5 Å². The predicted octanol–water partition coefficient (Wildman–Crippen LogP) is 4.06. The van der Waals surface area contributed by atoms with E-state index in [1.807, 2.05) is 6.07 Å². The van der Waals surface area contributed by atoms with Gasteiger partial charge in [0, 0.05) is 16.6 Å². The normalized spacial score (nSPS) is 23.9. The lowest BCUT2D eigenvalue weighted by molar-refractivity contribution is 0.0786. The molecule has 2 aromatic rings. The first-order valence-electron chi connectivity index (χ1n) is 9.66. The van der Waals surface area contributed by atoms with Crippen molar-refractivity contribution in [3.8, 4) is 6.07 Å². The van der Waals surface area contributed by atoms with Gasteiger partial charge < -0.3 is 0 Å². The van der Waals surface area contributed by atoms with E-state index in [0.29, 0.717) is 47.3 Å². The number of hydrogen-bond acceptors (Lipinski definition) is 4. The minimum atomic E-state index is -3.54. The number of carbonyl (C=O) groups excluding carboxylic acids is 1. The maximum absolute atomic E-state index is 13.6. The molecule has 0 spiro atoms. The third kappa shape index (κ3) is 2.89. The van der Waals surface area contributed by atoms with Crippen molar-refractivity contribution in [2.75, 3.05) is 6.26 Å². The monoisotopic (exact) mass is 384 g/mol. The van der Waals surface area contributed by atoms with Gasteiger partial charge in [-0.3, -0.25) is 4.79 Å². The minimum absolute atomic E-state index is 0.185. The Labute approximate surface area is 160 Å². The van der Waals surface area contributed by atoms with Gasteiger partial charge in [0.1, 0.15) is 5.41 Å². The molecule has 0 unspecified atom stereocenters. The molecular formula is C21H24N2O3S. The van der Waals surface area contributed by atoms with Crippen molar-refractivity contribution < 1.29 is 13.2 Å². The lowest BCUT2D eigenvalue weighted by Gasteiger charge is -2.34. The van der Waals surface area contributed by atoms with Gasteiger partial charge in [0.15, 0.2) is 5.78 Å². The lowest BCUT2D eigenvalue weighted by atomic mass is 9.66. The Morgan fingerprint density at radius 1 is 1.22 bits per heavy atom. The first-order valence-corrected chi connectivity index (χ1v) is 11.5. The van der Waals surface area contributed by atoms with E-state index in [0.717, 1.165) is 12.8 Å². The molecule has 1 aromatic carbocycles. The zero-order valence-electron chi connectivity index (χ0n) is 15.6. The number of nitriles is 1. The fraction of sp³-hybridized carbons (Fsp3) is 0.524. The zero-order valence-corrected chi connectivity index (χ0v) is 16.4. The number of fused-ring (bicyclic) bond motifs is 3. The molecule has 5 nitrogen and oxygen atoms in total. The molecule has 2 aliphatic carbocycles. The highest BCUT2D eigenvalue weighted by molar-refractivity contribution is 7.89. The third-order valence-electron chi connectivity index (χ3n) is 6.28. The van der Waals surface area contributed by atoms with E-state index in [9.17, 15) is 18.5 Å². The summed E-state index contributed by atoms with van der Waals surface area (Å²) in [6.07, 6.45) is 8.32. The van der Waals surface area contributed by atoms with E-state index < -0.39 is 15.4 Å². The van der Waals surface area contributed by atoms with Crippen LogP contribution in [0.15, 0.2) is 24.3 Å². The van der Waals surface area contributed by atoms with Crippen LogP contribution in [0.5, 0.6) is 0 Å². The van der Waals surface area contributed by atoms with Crippen LogP contribution in [0, 0.1) is 22.7 Å². The number of carbonyl (C=O) groups is 1. The Morgan fingerprint density at radius 2 is 1.93 bits per heavy atom. The van der Waals surface area contributed by atoms with Crippen LogP contribution >= 0.6 is 0 Å². The van der Waals surface area contributed by atoms with Crippen molar-refractivity contribution >= 4 is 26.7 Å². The summed E-state index contributed by atoms with van der Waals surface area (Å²) in [5, 5.41) is 10.7. The van der Waals surface area contributed by atoms with Gasteiger partial charge in [0.2, 0.25) is 10.0 Å². The highest BCUT2D eigenvalue weighted by atomic mass is 32.2. The van der Waals surface area contributed by atoms with Crippen molar-refractivity contribution in [2.45, 2.75) is 51.4 Å². The van der Waals surface area contributed by atoms with Gasteiger partial charge in [-0.2, -0.15) is 5.26 Å². The summed E-state index contributed by atoms with van der Waals surface area (Å²) in [4.78, 5) is 13.6. The van der Waals surface area contributed by atoms with Gasteiger partial charge in [-0.15, -0.1) is 0 Å². The number of rotatable bonds is 3. The van der Waals surface area contributed by atoms with Crippen molar-refractivity contribution in [2.24, 2.45) is 11.3 Å². The highest BCUT2D eigenvalue weighted by Gasteiger charge is 2.47. The van der Waals surface area contributed by atoms with Crippen LogP contribution in [0.1, 0.15) is 61.0 Å². The predicted molar refractivity (Wildman–Crippen MR) is 104 cm³/mol. The van der Waals surface area contributed by atoms with Crippen LogP contribution in [0.4, 0.5) is 0 Å². The average Bonchev–Trinajstić information content (AvgIpc) is 3.00. The maximum atomic E-state index is 13.6. The minimum Gasteiger partial charge on any atom is -0.292 e. The van der Waals surface area contributed by atoms with Crippen LogP contribution in [0.25, 0.3) is 10.9 Å². The quantitative estimate of drug-likeness (QED) is 0.799. The molecule has 6 heteroatoms. The second-order valence-corrected chi connectivity index (χ2v) is 9.93. The molecule has 2 aliphatic rings. The van der Waals surface area contributed by atoms with Gasteiger partial charge in [-0.1, -0.05) is 50.3 Å². The van der Waals surface area contributed by atoms with E-state index in [1.54, 1.807) is 18.2 Å². The van der Waals surface area contributed by atoms with Crippen LogP contribution in [0.3, 0.4) is 0 Å². The molecule has 1 atom stereocenters. The highest BCUT2D eigenvalue weighted by Crippen LogP contribution is 2.46. The molecule has 0 amide bonds. The van der Waals surface area contributed by atoms with Crippen LogP contribution in [-0.4, -0.2) is 24.4 Å². The molecule has 142 valence electrons. The lowest BCUT2D eigenvalue weighted by Crippen LogP contribution is -2.37. The standard InChI is InChI=1S/C21H24N2O3S/c1-27(25,26)23-17-10-6-5-9-16(17)19-18(23)11-12-21(14-22,20(19)24)13-15-7-3-2-4-8-15/h5-6,9-10,15H,2-4,7-8,11-13H2,1H3/t21-/m1/s1. The molecule has 27 heavy (non-hydrogen) atoms. The molecule has 0 saturated heterocycles. The Balaban J connectivity index is 1.86. The van der Waals surface area contributed by atoms with Crippen molar-refractivity contribution in [3.05, 3.63) is 35.5 Å². The van der Waals surface area contributed by atoms with Gasteiger partial charge in [0.05, 0.1) is 17.8 Å². The smallest absolute Gasteiger partial charge is 0.236 e. The first kappa shape index (κ1) is 18.2. The molecule has 0 aliphatic heterocycles. The van der Waals surface area contributed by atoms with Gasteiger partial charge >= 0.3 is 0 Å². The number of hydrogen-bond donors (Lipinski definition) is 0. The number of Topliss-reactive ketones (excluding diaryl/α,β-unsaturated/α-hetero) is 1. The fourth-order valence-electron chi connectivity index (χ4n) is 5.04. The van der Waals surface area contributed by atoms with Crippen LogP contribution in [0.2, 0.25) is 0 Å². The molecule has 1 heterocycles. The molecule has 0 N–H and O–H groups in total. The second kappa shape index (κ2) is 6.49. The summed E-state index contributed by atoms with van der Waals surface area (Å²) >= 11 is 0. The summed E-state index contributed by atoms with van der Waals surface area (Å²) in [6, 6.07) is 9.48. The second-order valence-electron chi connectivity index (χ2n) is 8.10.